The van der Waals surface area contributed by atoms with E-state index in [0.717, 1.165) is 13.0 Å². The van der Waals surface area contributed by atoms with Crippen molar-refractivity contribution in [2.75, 3.05) is 26.2 Å². The second-order valence-electron chi connectivity index (χ2n) is 3.73. The molecule has 0 aromatic heterocycles. The van der Waals surface area contributed by atoms with Gasteiger partial charge in [-0.05, 0) is 19.9 Å². The van der Waals surface area contributed by atoms with Gasteiger partial charge in [-0.1, -0.05) is 6.92 Å². The van der Waals surface area contributed by atoms with Crippen LogP contribution in [-0.4, -0.2) is 48.9 Å². The van der Waals surface area contributed by atoms with Crippen molar-refractivity contribution >= 4 is 11.8 Å². The molecule has 0 spiro atoms. The van der Waals surface area contributed by atoms with Crippen molar-refractivity contribution < 1.29 is 9.59 Å². The molecular weight excluding hydrogens is 194 g/mol. The Morgan fingerprint density at radius 3 is 3.07 bits per heavy atom. The van der Waals surface area contributed by atoms with E-state index in [1.165, 1.54) is 0 Å². The van der Waals surface area contributed by atoms with E-state index in [-0.39, 0.29) is 17.9 Å². The average Bonchev–Trinajstić information content (AvgIpc) is 2.22. The summed E-state index contributed by atoms with van der Waals surface area (Å²) in [5.41, 5.74) is 0. The lowest BCUT2D eigenvalue weighted by molar-refractivity contribution is -0.141. The first kappa shape index (κ1) is 12.0. The van der Waals surface area contributed by atoms with E-state index in [1.807, 2.05) is 0 Å². The monoisotopic (exact) mass is 213 g/mol. The lowest BCUT2D eigenvalue weighted by atomic mass is 10.2. The fraction of sp³-hybridized carbons (Fsp3) is 0.800. The van der Waals surface area contributed by atoms with Gasteiger partial charge in [-0.15, -0.1) is 0 Å². The topological polar surface area (TPSA) is 61.4 Å². The molecule has 1 aliphatic heterocycles. The highest BCUT2D eigenvalue weighted by Gasteiger charge is 2.28. The molecule has 15 heavy (non-hydrogen) atoms. The minimum absolute atomic E-state index is 0.00537. The highest BCUT2D eigenvalue weighted by molar-refractivity contribution is 5.89. The molecule has 1 aliphatic rings. The Morgan fingerprint density at radius 1 is 1.67 bits per heavy atom. The number of carbonyl (C=O) groups excluding carboxylic acids is 2. The van der Waals surface area contributed by atoms with Crippen molar-refractivity contribution in [2.45, 2.75) is 26.3 Å². The second kappa shape index (κ2) is 5.70. The smallest absolute Gasteiger partial charge is 0.242 e. The summed E-state index contributed by atoms with van der Waals surface area (Å²) in [6.45, 7) is 6.13. The fourth-order valence-electron chi connectivity index (χ4n) is 1.60. The third kappa shape index (κ3) is 3.20. The van der Waals surface area contributed by atoms with Gasteiger partial charge in [0.05, 0.1) is 6.54 Å². The van der Waals surface area contributed by atoms with E-state index >= 15 is 0 Å². The summed E-state index contributed by atoms with van der Waals surface area (Å²) in [6, 6.07) is -0.338. The standard InChI is InChI=1S/C10H19N3O2/c1-3-4-11-7-9(14)13-6-5-12-10(15)8(13)2/h8,11H,3-7H2,1-2H3,(H,12,15). The predicted molar refractivity (Wildman–Crippen MR) is 57.3 cm³/mol. The summed E-state index contributed by atoms with van der Waals surface area (Å²) < 4.78 is 0. The van der Waals surface area contributed by atoms with E-state index in [0.29, 0.717) is 19.6 Å². The van der Waals surface area contributed by atoms with Crippen LogP contribution in [0.25, 0.3) is 0 Å². The Labute approximate surface area is 90.2 Å². The Morgan fingerprint density at radius 2 is 2.40 bits per heavy atom. The van der Waals surface area contributed by atoms with E-state index in [9.17, 15) is 9.59 Å². The van der Waals surface area contributed by atoms with E-state index < -0.39 is 0 Å². The van der Waals surface area contributed by atoms with Crippen LogP contribution in [0.1, 0.15) is 20.3 Å². The van der Waals surface area contributed by atoms with Gasteiger partial charge >= 0.3 is 0 Å². The quantitative estimate of drug-likeness (QED) is 0.609. The number of hydrogen-bond acceptors (Lipinski definition) is 3. The van der Waals surface area contributed by atoms with Crippen molar-refractivity contribution in [1.29, 1.82) is 0 Å². The molecule has 0 bridgehead atoms. The molecule has 1 atom stereocenters. The number of rotatable bonds is 4. The summed E-state index contributed by atoms with van der Waals surface area (Å²) in [5.74, 6) is -0.0594. The fourth-order valence-corrected chi connectivity index (χ4v) is 1.60. The van der Waals surface area contributed by atoms with Crippen LogP contribution in [0.15, 0.2) is 0 Å². The molecule has 5 heteroatoms. The average molecular weight is 213 g/mol. The molecule has 2 amide bonds. The summed E-state index contributed by atoms with van der Waals surface area (Å²) in [5, 5.41) is 5.78. The SMILES string of the molecule is CCCNCC(=O)N1CCNC(=O)C1C. The molecule has 0 saturated carbocycles. The van der Waals surface area contributed by atoms with Crippen LogP contribution in [0.2, 0.25) is 0 Å². The number of nitrogens with one attached hydrogen (secondary N) is 2. The van der Waals surface area contributed by atoms with Crippen molar-refractivity contribution in [2.24, 2.45) is 0 Å². The lowest BCUT2D eigenvalue weighted by Gasteiger charge is -2.32. The Balaban J connectivity index is 2.40. The van der Waals surface area contributed by atoms with Gasteiger partial charge in [0.2, 0.25) is 11.8 Å². The molecule has 2 N–H and O–H groups in total. The third-order valence-electron chi connectivity index (χ3n) is 2.52. The van der Waals surface area contributed by atoms with E-state index in [1.54, 1.807) is 11.8 Å². The maximum absolute atomic E-state index is 11.7. The number of piperazine rings is 1. The van der Waals surface area contributed by atoms with E-state index in [4.69, 9.17) is 0 Å². The van der Waals surface area contributed by atoms with Crippen LogP contribution in [-0.2, 0) is 9.59 Å². The molecule has 86 valence electrons. The van der Waals surface area contributed by atoms with Gasteiger partial charge in [-0.25, -0.2) is 0 Å². The highest BCUT2D eigenvalue weighted by Crippen LogP contribution is 2.03. The zero-order chi connectivity index (χ0) is 11.3. The van der Waals surface area contributed by atoms with Crippen molar-refractivity contribution in [3.8, 4) is 0 Å². The second-order valence-corrected chi connectivity index (χ2v) is 3.73. The van der Waals surface area contributed by atoms with Crippen LogP contribution in [0, 0.1) is 0 Å². The van der Waals surface area contributed by atoms with Gasteiger partial charge < -0.3 is 15.5 Å². The van der Waals surface area contributed by atoms with Crippen LogP contribution in [0.3, 0.4) is 0 Å². The summed E-state index contributed by atoms with van der Waals surface area (Å²) in [6.07, 6.45) is 1.00. The zero-order valence-corrected chi connectivity index (χ0v) is 9.38. The molecule has 1 saturated heterocycles. The van der Waals surface area contributed by atoms with Crippen LogP contribution in [0.5, 0.6) is 0 Å². The zero-order valence-electron chi connectivity index (χ0n) is 9.38. The van der Waals surface area contributed by atoms with E-state index in [2.05, 4.69) is 17.6 Å². The highest BCUT2D eigenvalue weighted by atomic mass is 16.2. The molecule has 1 fully saturated rings. The molecule has 5 nitrogen and oxygen atoms in total. The van der Waals surface area contributed by atoms with Crippen LogP contribution >= 0.6 is 0 Å². The predicted octanol–water partition coefficient (Wildman–Crippen LogP) is -0.667. The van der Waals surface area contributed by atoms with Crippen LogP contribution in [0.4, 0.5) is 0 Å². The van der Waals surface area contributed by atoms with Gasteiger partial charge in [0.15, 0.2) is 0 Å². The molecule has 1 rings (SSSR count). The number of carbonyl (C=O) groups is 2. The third-order valence-corrected chi connectivity index (χ3v) is 2.52. The van der Waals surface area contributed by atoms with Gasteiger partial charge in [0, 0.05) is 13.1 Å². The number of amides is 2. The maximum Gasteiger partial charge on any atom is 0.242 e. The summed E-state index contributed by atoms with van der Waals surface area (Å²) in [4.78, 5) is 24.7. The summed E-state index contributed by atoms with van der Waals surface area (Å²) in [7, 11) is 0. The normalized spacial score (nSPS) is 21.3. The van der Waals surface area contributed by atoms with Crippen molar-refractivity contribution in [3.05, 3.63) is 0 Å². The Hall–Kier alpha value is -1.10. The molecular formula is C10H19N3O2. The van der Waals surface area contributed by atoms with Crippen molar-refractivity contribution in [1.82, 2.24) is 15.5 Å². The molecule has 0 aliphatic carbocycles. The Bertz CT molecular complexity index is 243. The minimum Gasteiger partial charge on any atom is -0.353 e. The Kier molecular flexibility index (Phi) is 4.55. The molecule has 1 heterocycles. The van der Waals surface area contributed by atoms with Gasteiger partial charge in [0.1, 0.15) is 6.04 Å². The van der Waals surface area contributed by atoms with Gasteiger partial charge in [-0.2, -0.15) is 0 Å². The summed E-state index contributed by atoms with van der Waals surface area (Å²) >= 11 is 0. The van der Waals surface area contributed by atoms with Gasteiger partial charge in [0.25, 0.3) is 0 Å². The molecule has 0 radical (unpaired) electrons. The molecule has 0 aromatic carbocycles. The van der Waals surface area contributed by atoms with Crippen LogP contribution < -0.4 is 10.6 Å². The minimum atomic E-state index is -0.338. The number of nitrogens with zero attached hydrogens (tertiary/aromatic N) is 1. The lowest BCUT2D eigenvalue weighted by Crippen LogP contribution is -2.57. The van der Waals surface area contributed by atoms with Gasteiger partial charge in [-0.3, -0.25) is 9.59 Å². The first-order chi connectivity index (χ1) is 7.16. The first-order valence-electron chi connectivity index (χ1n) is 5.44. The maximum atomic E-state index is 11.7. The first-order valence-corrected chi connectivity index (χ1v) is 5.44. The largest absolute Gasteiger partial charge is 0.353 e. The molecule has 0 aromatic rings. The molecule has 1 unspecified atom stereocenters. The number of hydrogen-bond donors (Lipinski definition) is 2. The van der Waals surface area contributed by atoms with Crippen molar-refractivity contribution in [3.63, 3.8) is 0 Å².